The summed E-state index contributed by atoms with van der Waals surface area (Å²) in [5.41, 5.74) is 6.02. The summed E-state index contributed by atoms with van der Waals surface area (Å²) in [6, 6.07) is 19.9. The van der Waals surface area contributed by atoms with Crippen molar-refractivity contribution in [2.75, 3.05) is 11.9 Å². The van der Waals surface area contributed by atoms with E-state index >= 15 is 0 Å². The highest BCUT2D eigenvalue weighted by molar-refractivity contribution is 7.21. The Kier molecular flexibility index (Phi) is 5.32. The zero-order valence-electron chi connectivity index (χ0n) is 16.7. The highest BCUT2D eigenvalue weighted by Gasteiger charge is 2.11. The van der Waals surface area contributed by atoms with E-state index in [0.717, 1.165) is 44.2 Å². The molecule has 0 radical (unpaired) electrons. The molecular formula is C24H22N2O2S. The zero-order chi connectivity index (χ0) is 20.4. The number of aromatic nitrogens is 1. The van der Waals surface area contributed by atoms with Crippen LogP contribution in [0.1, 0.15) is 16.7 Å². The van der Waals surface area contributed by atoms with Crippen LogP contribution in [0.25, 0.3) is 20.8 Å². The van der Waals surface area contributed by atoms with Crippen molar-refractivity contribution in [3.05, 3.63) is 77.4 Å². The Morgan fingerprint density at radius 3 is 2.62 bits per heavy atom. The largest absolute Gasteiger partial charge is 0.483 e. The van der Waals surface area contributed by atoms with Crippen molar-refractivity contribution in [3.63, 3.8) is 0 Å². The molecule has 0 spiro atoms. The average Bonchev–Trinajstić information content (AvgIpc) is 3.15. The van der Waals surface area contributed by atoms with E-state index < -0.39 is 0 Å². The molecule has 0 unspecified atom stereocenters. The molecule has 5 heteroatoms. The minimum absolute atomic E-state index is 0.0245. The molecule has 3 aromatic carbocycles. The Morgan fingerprint density at radius 2 is 1.83 bits per heavy atom. The number of nitrogens with zero attached hydrogens (tertiary/aromatic N) is 1. The molecule has 1 aromatic heterocycles. The summed E-state index contributed by atoms with van der Waals surface area (Å²) < 4.78 is 6.87. The molecule has 0 atom stereocenters. The van der Waals surface area contributed by atoms with E-state index in [-0.39, 0.29) is 12.5 Å². The number of ether oxygens (including phenoxy) is 1. The van der Waals surface area contributed by atoms with Crippen molar-refractivity contribution in [1.29, 1.82) is 0 Å². The molecule has 0 aliphatic carbocycles. The summed E-state index contributed by atoms with van der Waals surface area (Å²) in [4.78, 5) is 17.1. The Labute approximate surface area is 174 Å². The van der Waals surface area contributed by atoms with Gasteiger partial charge in [-0.25, -0.2) is 4.98 Å². The highest BCUT2D eigenvalue weighted by Crippen LogP contribution is 2.32. The van der Waals surface area contributed by atoms with Gasteiger partial charge in [-0.1, -0.05) is 24.3 Å². The normalized spacial score (nSPS) is 10.9. The molecule has 4 aromatic rings. The summed E-state index contributed by atoms with van der Waals surface area (Å²) in [5.74, 6) is 0.560. The second kappa shape index (κ2) is 8.05. The molecule has 29 heavy (non-hydrogen) atoms. The lowest BCUT2D eigenvalue weighted by Crippen LogP contribution is -2.21. The fourth-order valence-corrected chi connectivity index (χ4v) is 4.10. The number of nitrogens with one attached hydrogen (secondary N) is 1. The summed E-state index contributed by atoms with van der Waals surface area (Å²) in [5, 5.41) is 3.92. The lowest BCUT2D eigenvalue weighted by molar-refractivity contribution is -0.118. The van der Waals surface area contributed by atoms with Gasteiger partial charge in [-0.05, 0) is 73.9 Å². The number of amides is 1. The number of aryl methyl sites for hydroxylation is 2. The lowest BCUT2D eigenvalue weighted by atomic mass is 10.1. The van der Waals surface area contributed by atoms with Crippen LogP contribution in [0.5, 0.6) is 5.75 Å². The quantitative estimate of drug-likeness (QED) is 0.452. The number of hydrogen-bond donors (Lipinski definition) is 1. The molecule has 0 saturated heterocycles. The number of anilines is 1. The van der Waals surface area contributed by atoms with Gasteiger partial charge in [-0.15, -0.1) is 11.3 Å². The number of benzene rings is 3. The SMILES string of the molecule is Cc1cc(-c2nc3ccccc3s2)ccc1NC(=O)COc1cccc(C)c1C. The van der Waals surface area contributed by atoms with Gasteiger partial charge < -0.3 is 10.1 Å². The second-order valence-corrected chi connectivity index (χ2v) is 8.08. The van der Waals surface area contributed by atoms with Crippen LogP contribution < -0.4 is 10.1 Å². The molecule has 4 nitrogen and oxygen atoms in total. The van der Waals surface area contributed by atoms with Crippen LogP contribution in [-0.4, -0.2) is 17.5 Å². The Hall–Kier alpha value is -3.18. The number of carbonyl (C=O) groups is 1. The number of thiazole rings is 1. The molecule has 1 heterocycles. The van der Waals surface area contributed by atoms with Crippen LogP contribution in [-0.2, 0) is 4.79 Å². The van der Waals surface area contributed by atoms with Crippen LogP contribution >= 0.6 is 11.3 Å². The minimum atomic E-state index is -0.179. The zero-order valence-corrected chi connectivity index (χ0v) is 17.5. The summed E-state index contributed by atoms with van der Waals surface area (Å²) >= 11 is 1.67. The average molecular weight is 403 g/mol. The molecule has 0 aliphatic rings. The second-order valence-electron chi connectivity index (χ2n) is 7.05. The Morgan fingerprint density at radius 1 is 1.00 bits per heavy atom. The highest BCUT2D eigenvalue weighted by atomic mass is 32.1. The Bertz CT molecular complexity index is 1160. The van der Waals surface area contributed by atoms with Crippen molar-refractivity contribution >= 4 is 33.1 Å². The van der Waals surface area contributed by atoms with Crippen molar-refractivity contribution in [1.82, 2.24) is 4.98 Å². The van der Waals surface area contributed by atoms with Crippen LogP contribution in [0.4, 0.5) is 5.69 Å². The first-order valence-corrected chi connectivity index (χ1v) is 10.3. The molecule has 0 aliphatic heterocycles. The van der Waals surface area contributed by atoms with Crippen molar-refractivity contribution in [2.24, 2.45) is 0 Å². The first kappa shape index (κ1) is 19.2. The fraction of sp³-hybridized carbons (Fsp3) is 0.167. The molecule has 1 N–H and O–H groups in total. The van der Waals surface area contributed by atoms with Crippen molar-refractivity contribution in [3.8, 4) is 16.3 Å². The molecule has 0 bridgehead atoms. The predicted molar refractivity (Wildman–Crippen MR) is 120 cm³/mol. The van der Waals surface area contributed by atoms with Gasteiger partial charge in [0.2, 0.25) is 0 Å². The molecule has 1 amide bonds. The van der Waals surface area contributed by atoms with Crippen molar-refractivity contribution < 1.29 is 9.53 Å². The maximum atomic E-state index is 12.4. The number of para-hydroxylation sites is 1. The van der Waals surface area contributed by atoms with Crippen LogP contribution in [0.3, 0.4) is 0 Å². The van der Waals surface area contributed by atoms with Gasteiger partial charge in [0.15, 0.2) is 6.61 Å². The third kappa shape index (κ3) is 4.15. The number of fused-ring (bicyclic) bond motifs is 1. The van der Waals surface area contributed by atoms with E-state index in [1.54, 1.807) is 11.3 Å². The fourth-order valence-electron chi connectivity index (χ4n) is 3.14. The number of carbonyl (C=O) groups excluding carboxylic acids is 1. The third-order valence-electron chi connectivity index (χ3n) is 4.96. The lowest BCUT2D eigenvalue weighted by Gasteiger charge is -2.12. The summed E-state index contributed by atoms with van der Waals surface area (Å²) in [7, 11) is 0. The summed E-state index contributed by atoms with van der Waals surface area (Å²) in [6.07, 6.45) is 0. The molecule has 146 valence electrons. The van der Waals surface area contributed by atoms with Gasteiger partial charge in [0, 0.05) is 11.3 Å². The maximum absolute atomic E-state index is 12.4. The molecule has 4 rings (SSSR count). The number of rotatable bonds is 5. The predicted octanol–water partition coefficient (Wildman–Crippen LogP) is 5.91. The topological polar surface area (TPSA) is 51.2 Å². The number of hydrogen-bond acceptors (Lipinski definition) is 4. The van der Waals surface area contributed by atoms with Crippen LogP contribution in [0.15, 0.2) is 60.7 Å². The summed E-state index contributed by atoms with van der Waals surface area (Å²) in [6.45, 7) is 5.98. The van der Waals surface area contributed by atoms with Crippen LogP contribution in [0.2, 0.25) is 0 Å². The molecular weight excluding hydrogens is 380 g/mol. The van der Waals surface area contributed by atoms with Gasteiger partial charge in [-0.2, -0.15) is 0 Å². The van der Waals surface area contributed by atoms with Crippen LogP contribution in [0, 0.1) is 20.8 Å². The minimum Gasteiger partial charge on any atom is -0.483 e. The van der Waals surface area contributed by atoms with Gasteiger partial charge in [-0.3, -0.25) is 4.79 Å². The molecule has 0 fully saturated rings. The van der Waals surface area contributed by atoms with Crippen molar-refractivity contribution in [2.45, 2.75) is 20.8 Å². The smallest absolute Gasteiger partial charge is 0.262 e. The first-order chi connectivity index (χ1) is 14.0. The van der Waals surface area contributed by atoms with E-state index in [9.17, 15) is 4.79 Å². The van der Waals surface area contributed by atoms with E-state index in [4.69, 9.17) is 9.72 Å². The van der Waals surface area contributed by atoms with Gasteiger partial charge in [0.25, 0.3) is 5.91 Å². The van der Waals surface area contributed by atoms with E-state index in [0.29, 0.717) is 0 Å². The molecule has 0 saturated carbocycles. The van der Waals surface area contributed by atoms with Gasteiger partial charge >= 0.3 is 0 Å². The standard InChI is InChI=1S/C24H22N2O2S/c1-15-7-6-9-21(17(15)3)28-14-23(27)25-19-12-11-18(13-16(19)2)24-26-20-8-4-5-10-22(20)29-24/h4-13H,14H2,1-3H3,(H,25,27). The van der Waals surface area contributed by atoms with E-state index in [2.05, 4.69) is 17.4 Å². The van der Waals surface area contributed by atoms with E-state index in [1.807, 2.05) is 69.3 Å². The third-order valence-corrected chi connectivity index (χ3v) is 6.04. The van der Waals surface area contributed by atoms with Gasteiger partial charge in [0.05, 0.1) is 10.2 Å². The van der Waals surface area contributed by atoms with Gasteiger partial charge in [0.1, 0.15) is 10.8 Å². The first-order valence-electron chi connectivity index (χ1n) is 9.47. The maximum Gasteiger partial charge on any atom is 0.262 e. The monoisotopic (exact) mass is 402 g/mol. The van der Waals surface area contributed by atoms with E-state index in [1.165, 1.54) is 4.70 Å². The Balaban J connectivity index is 1.45.